The van der Waals surface area contributed by atoms with Crippen molar-refractivity contribution in [3.63, 3.8) is 0 Å². The van der Waals surface area contributed by atoms with Crippen LogP contribution < -0.4 is 5.73 Å². The van der Waals surface area contributed by atoms with Crippen LogP contribution in [-0.2, 0) is 16.0 Å². The fourth-order valence-corrected chi connectivity index (χ4v) is 1.98. The van der Waals surface area contributed by atoms with Crippen LogP contribution in [0.3, 0.4) is 0 Å². The Kier molecular flexibility index (Phi) is 3.18. The van der Waals surface area contributed by atoms with Gasteiger partial charge >= 0.3 is 0 Å². The van der Waals surface area contributed by atoms with Crippen molar-refractivity contribution in [1.29, 1.82) is 0 Å². The van der Waals surface area contributed by atoms with E-state index in [0.29, 0.717) is 19.8 Å². The lowest BCUT2D eigenvalue weighted by Gasteiger charge is -2.11. The molecule has 14 heavy (non-hydrogen) atoms. The molecular weight excluding hydrogens is 246 g/mol. The molecule has 0 bridgehead atoms. The van der Waals surface area contributed by atoms with Crippen molar-refractivity contribution in [3.8, 4) is 0 Å². The van der Waals surface area contributed by atoms with E-state index >= 15 is 0 Å². The minimum Gasteiger partial charge on any atom is -0.346 e. The fraction of sp³-hybridized carbons (Fsp3) is 0.400. The third-order valence-corrected chi connectivity index (χ3v) is 2.93. The van der Waals surface area contributed by atoms with Gasteiger partial charge in [-0.3, -0.25) is 0 Å². The van der Waals surface area contributed by atoms with Crippen LogP contribution >= 0.6 is 15.9 Å². The van der Waals surface area contributed by atoms with Gasteiger partial charge in [0.1, 0.15) is 0 Å². The number of halogens is 1. The van der Waals surface area contributed by atoms with E-state index in [1.54, 1.807) is 0 Å². The van der Waals surface area contributed by atoms with Crippen LogP contribution in [0.1, 0.15) is 17.4 Å². The molecule has 0 atom stereocenters. The average Bonchev–Trinajstić information content (AvgIpc) is 2.70. The Bertz CT molecular complexity index is 324. The van der Waals surface area contributed by atoms with Gasteiger partial charge in [-0.05, 0) is 11.6 Å². The predicted molar refractivity (Wildman–Crippen MR) is 56.7 cm³/mol. The van der Waals surface area contributed by atoms with E-state index in [2.05, 4.69) is 15.9 Å². The molecular formula is C10H12BrNO2. The van der Waals surface area contributed by atoms with Crippen LogP contribution in [0.5, 0.6) is 0 Å². The standard InChI is InChI=1S/C10H12BrNO2/c11-9-5-7(1-2-8(9)6-12)10-13-3-4-14-10/h1-2,5,10H,3-4,6,12H2. The van der Waals surface area contributed by atoms with Crippen molar-refractivity contribution in [2.45, 2.75) is 12.8 Å². The van der Waals surface area contributed by atoms with E-state index in [4.69, 9.17) is 15.2 Å². The molecule has 1 aromatic carbocycles. The van der Waals surface area contributed by atoms with Crippen LogP contribution in [0, 0.1) is 0 Å². The Hall–Kier alpha value is -0.420. The maximum atomic E-state index is 5.56. The molecule has 4 heteroatoms. The quantitative estimate of drug-likeness (QED) is 0.881. The summed E-state index contributed by atoms with van der Waals surface area (Å²) in [4.78, 5) is 0. The molecule has 3 nitrogen and oxygen atoms in total. The first-order chi connectivity index (χ1) is 6.81. The molecule has 2 N–H and O–H groups in total. The second-order valence-electron chi connectivity index (χ2n) is 3.13. The molecule has 1 aliphatic heterocycles. The number of nitrogens with two attached hydrogens (primary N) is 1. The molecule has 0 spiro atoms. The minimum absolute atomic E-state index is 0.210. The topological polar surface area (TPSA) is 44.5 Å². The molecule has 76 valence electrons. The summed E-state index contributed by atoms with van der Waals surface area (Å²) in [5.41, 5.74) is 7.69. The van der Waals surface area contributed by atoms with E-state index in [1.807, 2.05) is 18.2 Å². The van der Waals surface area contributed by atoms with Crippen LogP contribution in [0.25, 0.3) is 0 Å². The number of benzene rings is 1. The van der Waals surface area contributed by atoms with Crippen molar-refractivity contribution in [2.24, 2.45) is 5.73 Å². The zero-order valence-corrected chi connectivity index (χ0v) is 9.29. The number of ether oxygens (including phenoxy) is 2. The Morgan fingerprint density at radius 2 is 2.07 bits per heavy atom. The second kappa shape index (κ2) is 4.40. The highest BCUT2D eigenvalue weighted by Crippen LogP contribution is 2.27. The number of hydrogen-bond acceptors (Lipinski definition) is 3. The molecule has 2 rings (SSSR count). The van der Waals surface area contributed by atoms with Crippen molar-refractivity contribution in [1.82, 2.24) is 0 Å². The number of hydrogen-bond donors (Lipinski definition) is 1. The van der Waals surface area contributed by atoms with Crippen molar-refractivity contribution in [2.75, 3.05) is 13.2 Å². The largest absolute Gasteiger partial charge is 0.346 e. The zero-order valence-electron chi connectivity index (χ0n) is 7.70. The van der Waals surface area contributed by atoms with E-state index in [1.165, 1.54) is 0 Å². The third kappa shape index (κ3) is 1.98. The average molecular weight is 258 g/mol. The van der Waals surface area contributed by atoms with Gasteiger partial charge in [0.15, 0.2) is 6.29 Å². The SMILES string of the molecule is NCc1ccc(C2OCCO2)cc1Br. The van der Waals surface area contributed by atoms with E-state index in [9.17, 15) is 0 Å². The van der Waals surface area contributed by atoms with Gasteiger partial charge in [0.2, 0.25) is 0 Å². The summed E-state index contributed by atoms with van der Waals surface area (Å²) >= 11 is 3.46. The van der Waals surface area contributed by atoms with Gasteiger partial charge in [-0.2, -0.15) is 0 Å². The summed E-state index contributed by atoms with van der Waals surface area (Å²) < 4.78 is 11.8. The lowest BCUT2D eigenvalue weighted by molar-refractivity contribution is -0.0441. The van der Waals surface area contributed by atoms with Crippen LogP contribution in [0.15, 0.2) is 22.7 Å². The van der Waals surface area contributed by atoms with E-state index < -0.39 is 0 Å². The van der Waals surface area contributed by atoms with Gasteiger partial charge in [0.05, 0.1) is 13.2 Å². The first-order valence-electron chi connectivity index (χ1n) is 4.53. The molecule has 1 aliphatic rings. The fourth-order valence-electron chi connectivity index (χ4n) is 1.43. The van der Waals surface area contributed by atoms with E-state index in [-0.39, 0.29) is 6.29 Å². The molecule has 1 fully saturated rings. The van der Waals surface area contributed by atoms with Gasteiger partial charge in [-0.1, -0.05) is 28.1 Å². The molecule has 1 saturated heterocycles. The molecule has 0 aromatic heterocycles. The van der Waals surface area contributed by atoms with Gasteiger partial charge in [-0.15, -0.1) is 0 Å². The first kappa shape index (κ1) is 10.1. The highest BCUT2D eigenvalue weighted by atomic mass is 79.9. The van der Waals surface area contributed by atoms with Gasteiger partial charge in [0, 0.05) is 16.6 Å². The van der Waals surface area contributed by atoms with Crippen molar-refractivity contribution < 1.29 is 9.47 Å². The highest BCUT2D eigenvalue weighted by molar-refractivity contribution is 9.10. The van der Waals surface area contributed by atoms with Crippen molar-refractivity contribution in [3.05, 3.63) is 33.8 Å². The minimum atomic E-state index is -0.210. The maximum Gasteiger partial charge on any atom is 0.184 e. The van der Waals surface area contributed by atoms with Crippen LogP contribution in [0.2, 0.25) is 0 Å². The first-order valence-corrected chi connectivity index (χ1v) is 5.32. The monoisotopic (exact) mass is 257 g/mol. The summed E-state index contributed by atoms with van der Waals surface area (Å²) in [6, 6.07) is 5.98. The number of rotatable bonds is 2. The third-order valence-electron chi connectivity index (χ3n) is 2.19. The highest BCUT2D eigenvalue weighted by Gasteiger charge is 2.18. The van der Waals surface area contributed by atoms with Crippen LogP contribution in [-0.4, -0.2) is 13.2 Å². The summed E-state index contributed by atoms with van der Waals surface area (Å²) in [5.74, 6) is 0. The summed E-state index contributed by atoms with van der Waals surface area (Å²) in [5, 5.41) is 0. The molecule has 0 radical (unpaired) electrons. The van der Waals surface area contributed by atoms with Gasteiger partial charge < -0.3 is 15.2 Å². The Balaban J connectivity index is 2.23. The molecule has 0 amide bonds. The molecule has 0 saturated carbocycles. The summed E-state index contributed by atoms with van der Waals surface area (Å²) in [6.45, 7) is 1.87. The Morgan fingerprint density at radius 3 is 2.64 bits per heavy atom. The predicted octanol–water partition coefficient (Wildman–Crippen LogP) is 1.95. The zero-order chi connectivity index (χ0) is 9.97. The maximum absolute atomic E-state index is 5.56. The molecule has 0 unspecified atom stereocenters. The lowest BCUT2D eigenvalue weighted by Crippen LogP contribution is -2.01. The second-order valence-corrected chi connectivity index (χ2v) is 3.98. The summed E-state index contributed by atoms with van der Waals surface area (Å²) in [7, 11) is 0. The lowest BCUT2D eigenvalue weighted by atomic mass is 10.1. The van der Waals surface area contributed by atoms with Crippen molar-refractivity contribution >= 4 is 15.9 Å². The molecule has 0 aliphatic carbocycles. The Morgan fingerprint density at radius 1 is 1.36 bits per heavy atom. The van der Waals surface area contributed by atoms with Gasteiger partial charge in [0.25, 0.3) is 0 Å². The van der Waals surface area contributed by atoms with E-state index in [0.717, 1.165) is 15.6 Å². The molecule has 1 aromatic rings. The van der Waals surface area contributed by atoms with Gasteiger partial charge in [-0.25, -0.2) is 0 Å². The Labute approximate surface area is 91.3 Å². The van der Waals surface area contributed by atoms with Crippen LogP contribution in [0.4, 0.5) is 0 Å². The summed E-state index contributed by atoms with van der Waals surface area (Å²) in [6.07, 6.45) is -0.210. The smallest absolute Gasteiger partial charge is 0.184 e. The molecule has 1 heterocycles. The normalized spacial score (nSPS) is 17.6.